The largest absolute Gasteiger partial charge is 0.324 e. The Labute approximate surface area is 152 Å². The highest BCUT2D eigenvalue weighted by atomic mass is 35.5. The molecular weight excluding hydrogens is 336 g/mol. The lowest BCUT2D eigenvalue weighted by molar-refractivity contribution is -0.143. The van der Waals surface area contributed by atoms with Gasteiger partial charge in [-0.25, -0.2) is 0 Å². The molecular formula is C20H21ClN2O2. The van der Waals surface area contributed by atoms with Crippen LogP contribution < -0.4 is 5.32 Å². The van der Waals surface area contributed by atoms with Gasteiger partial charge in [-0.1, -0.05) is 62.7 Å². The van der Waals surface area contributed by atoms with Gasteiger partial charge in [0.15, 0.2) is 0 Å². The Morgan fingerprint density at radius 2 is 1.84 bits per heavy atom. The van der Waals surface area contributed by atoms with E-state index in [1.165, 1.54) is 0 Å². The summed E-state index contributed by atoms with van der Waals surface area (Å²) in [5.41, 5.74) is 1.85. The van der Waals surface area contributed by atoms with Crippen molar-refractivity contribution in [1.29, 1.82) is 0 Å². The number of hydrogen-bond acceptors (Lipinski definition) is 2. The molecule has 2 amide bonds. The first-order valence-electron chi connectivity index (χ1n) is 8.22. The van der Waals surface area contributed by atoms with E-state index in [1.807, 2.05) is 57.2 Å². The minimum absolute atomic E-state index is 0.00195. The molecule has 0 unspecified atom stereocenters. The number of carbonyl (C=O) groups is 2. The van der Waals surface area contributed by atoms with Crippen LogP contribution in [-0.2, 0) is 9.59 Å². The van der Waals surface area contributed by atoms with Crippen molar-refractivity contribution < 1.29 is 9.59 Å². The molecule has 0 fully saturated rings. The summed E-state index contributed by atoms with van der Waals surface area (Å²) >= 11 is 6.22. The summed E-state index contributed by atoms with van der Waals surface area (Å²) < 4.78 is 0. The van der Waals surface area contributed by atoms with Crippen molar-refractivity contribution in [3.63, 3.8) is 0 Å². The third-order valence-corrected chi connectivity index (χ3v) is 4.46. The third-order valence-electron chi connectivity index (χ3n) is 4.23. The van der Waals surface area contributed by atoms with Crippen molar-refractivity contribution in [1.82, 2.24) is 4.90 Å². The molecule has 0 bridgehead atoms. The molecule has 0 aliphatic carbocycles. The van der Waals surface area contributed by atoms with Crippen molar-refractivity contribution >= 4 is 29.1 Å². The maximum absolute atomic E-state index is 13.1. The van der Waals surface area contributed by atoms with Crippen LogP contribution in [-0.4, -0.2) is 23.3 Å². The predicted molar refractivity (Wildman–Crippen MR) is 99.5 cm³/mol. The molecule has 1 N–H and O–H groups in total. The fourth-order valence-electron chi connectivity index (χ4n) is 3.09. The molecule has 4 nitrogen and oxygen atoms in total. The minimum atomic E-state index is -0.601. The Kier molecular flexibility index (Phi) is 4.56. The van der Waals surface area contributed by atoms with Gasteiger partial charge in [-0.2, -0.15) is 0 Å². The van der Waals surface area contributed by atoms with Crippen molar-refractivity contribution in [3.8, 4) is 0 Å². The highest BCUT2D eigenvalue weighted by molar-refractivity contribution is 6.30. The molecule has 3 rings (SSSR count). The molecule has 1 heterocycles. The predicted octanol–water partition coefficient (Wildman–Crippen LogP) is 4.26. The van der Waals surface area contributed by atoms with E-state index in [1.54, 1.807) is 17.0 Å². The van der Waals surface area contributed by atoms with E-state index in [-0.39, 0.29) is 24.4 Å². The quantitative estimate of drug-likeness (QED) is 0.830. The SMILES string of the molecule is CC(C)(C)C(=O)N1CC(=O)Nc2ccc(Cl)cc2[C@@H]1c1ccccc1. The zero-order valence-corrected chi connectivity index (χ0v) is 15.3. The normalized spacial score (nSPS) is 17.5. The van der Waals surface area contributed by atoms with Crippen LogP contribution >= 0.6 is 11.6 Å². The zero-order chi connectivity index (χ0) is 18.2. The van der Waals surface area contributed by atoms with E-state index < -0.39 is 5.41 Å². The standard InChI is InChI=1S/C20H21ClN2O2/c1-20(2,3)19(25)23-12-17(24)22-16-10-9-14(21)11-15(16)18(23)13-7-5-4-6-8-13/h4-11,18H,12H2,1-3H3,(H,22,24)/t18-/m0/s1. The monoisotopic (exact) mass is 356 g/mol. The lowest BCUT2D eigenvalue weighted by atomic mass is 9.90. The van der Waals surface area contributed by atoms with Crippen LogP contribution in [0.5, 0.6) is 0 Å². The van der Waals surface area contributed by atoms with Gasteiger partial charge in [-0.15, -0.1) is 0 Å². The summed E-state index contributed by atoms with van der Waals surface area (Å²) in [5.74, 6) is -0.288. The first-order chi connectivity index (χ1) is 11.8. The number of hydrogen-bond donors (Lipinski definition) is 1. The molecule has 5 heteroatoms. The van der Waals surface area contributed by atoms with E-state index in [2.05, 4.69) is 5.32 Å². The molecule has 0 aromatic heterocycles. The number of benzene rings is 2. The van der Waals surface area contributed by atoms with Crippen LogP contribution in [0.2, 0.25) is 5.02 Å². The van der Waals surface area contributed by atoms with Gasteiger partial charge in [0.05, 0.1) is 6.04 Å². The van der Waals surface area contributed by atoms with Gasteiger partial charge in [-0.3, -0.25) is 9.59 Å². The Balaban J connectivity index is 2.22. The van der Waals surface area contributed by atoms with Gasteiger partial charge in [-0.05, 0) is 23.8 Å². The summed E-state index contributed by atoms with van der Waals surface area (Å²) in [6.45, 7) is 5.58. The molecule has 130 valence electrons. The number of carbonyl (C=O) groups excluding carboxylic acids is 2. The van der Waals surface area contributed by atoms with E-state index in [4.69, 9.17) is 11.6 Å². The molecule has 0 radical (unpaired) electrons. The van der Waals surface area contributed by atoms with Crippen molar-refractivity contribution in [2.75, 3.05) is 11.9 Å². The molecule has 1 aliphatic rings. The van der Waals surface area contributed by atoms with Crippen LogP contribution in [0.15, 0.2) is 48.5 Å². The Morgan fingerprint density at radius 1 is 1.16 bits per heavy atom. The maximum atomic E-state index is 13.1. The second-order valence-electron chi connectivity index (χ2n) is 7.28. The first-order valence-corrected chi connectivity index (χ1v) is 8.60. The fraction of sp³-hybridized carbons (Fsp3) is 0.300. The molecule has 2 aromatic rings. The number of nitrogens with one attached hydrogen (secondary N) is 1. The average molecular weight is 357 g/mol. The first kappa shape index (κ1) is 17.5. The van der Waals surface area contributed by atoms with Crippen LogP contribution in [0.1, 0.15) is 37.9 Å². The Bertz CT molecular complexity index is 812. The van der Waals surface area contributed by atoms with E-state index in [0.29, 0.717) is 10.7 Å². The van der Waals surface area contributed by atoms with Crippen LogP contribution in [0.4, 0.5) is 5.69 Å². The topological polar surface area (TPSA) is 49.4 Å². The number of fused-ring (bicyclic) bond motifs is 1. The summed E-state index contributed by atoms with van der Waals surface area (Å²) in [7, 11) is 0. The minimum Gasteiger partial charge on any atom is -0.324 e. The maximum Gasteiger partial charge on any atom is 0.244 e. The fourth-order valence-corrected chi connectivity index (χ4v) is 3.27. The lowest BCUT2D eigenvalue weighted by Crippen LogP contribution is -2.44. The average Bonchev–Trinajstić information content (AvgIpc) is 2.69. The molecule has 25 heavy (non-hydrogen) atoms. The van der Waals surface area contributed by atoms with Crippen molar-refractivity contribution in [2.24, 2.45) is 5.41 Å². The number of halogens is 1. The van der Waals surface area contributed by atoms with Gasteiger partial charge in [0.1, 0.15) is 6.54 Å². The molecule has 1 atom stereocenters. The smallest absolute Gasteiger partial charge is 0.244 e. The summed E-state index contributed by atoms with van der Waals surface area (Å²) in [6, 6.07) is 14.7. The van der Waals surface area contributed by atoms with E-state index in [9.17, 15) is 9.59 Å². The zero-order valence-electron chi connectivity index (χ0n) is 14.5. The van der Waals surface area contributed by atoms with E-state index >= 15 is 0 Å². The lowest BCUT2D eigenvalue weighted by Gasteiger charge is -2.35. The van der Waals surface area contributed by atoms with Gasteiger partial charge >= 0.3 is 0 Å². The van der Waals surface area contributed by atoms with E-state index in [0.717, 1.165) is 11.1 Å². The number of anilines is 1. The summed E-state index contributed by atoms with van der Waals surface area (Å²) in [4.78, 5) is 27.2. The number of rotatable bonds is 1. The second kappa shape index (κ2) is 6.52. The van der Waals surface area contributed by atoms with Crippen LogP contribution in [0.3, 0.4) is 0 Å². The molecule has 1 aliphatic heterocycles. The Hall–Kier alpha value is -2.33. The van der Waals surface area contributed by atoms with Crippen molar-refractivity contribution in [3.05, 3.63) is 64.7 Å². The third kappa shape index (κ3) is 3.54. The second-order valence-corrected chi connectivity index (χ2v) is 7.71. The molecule has 0 saturated heterocycles. The number of nitrogens with zero attached hydrogens (tertiary/aromatic N) is 1. The van der Waals surface area contributed by atoms with Gasteiger partial charge in [0, 0.05) is 21.7 Å². The highest BCUT2D eigenvalue weighted by Gasteiger charge is 2.37. The van der Waals surface area contributed by atoms with Gasteiger partial charge in [0.25, 0.3) is 0 Å². The molecule has 0 saturated carbocycles. The van der Waals surface area contributed by atoms with Crippen LogP contribution in [0.25, 0.3) is 0 Å². The van der Waals surface area contributed by atoms with Crippen molar-refractivity contribution in [2.45, 2.75) is 26.8 Å². The Morgan fingerprint density at radius 3 is 2.48 bits per heavy atom. The summed E-state index contributed by atoms with van der Waals surface area (Å²) in [6.07, 6.45) is 0. The number of amides is 2. The highest BCUT2D eigenvalue weighted by Crippen LogP contribution is 2.38. The molecule has 0 spiro atoms. The van der Waals surface area contributed by atoms with Gasteiger partial charge in [0.2, 0.25) is 11.8 Å². The summed E-state index contributed by atoms with van der Waals surface area (Å²) in [5, 5.41) is 3.46. The van der Waals surface area contributed by atoms with Crippen LogP contribution in [0, 0.1) is 5.41 Å². The van der Waals surface area contributed by atoms with Gasteiger partial charge < -0.3 is 10.2 Å². The molecule has 2 aromatic carbocycles.